The molecule has 2 saturated carbocycles. The zero-order valence-corrected chi connectivity index (χ0v) is 16.6. The van der Waals surface area contributed by atoms with Crippen molar-refractivity contribution in [1.82, 2.24) is 0 Å². The fourth-order valence-electron chi connectivity index (χ4n) is 4.64. The number of hydrogen-bond donors (Lipinski definition) is 0. The summed E-state index contributed by atoms with van der Waals surface area (Å²) in [4.78, 5) is 12.5. The van der Waals surface area contributed by atoms with Gasteiger partial charge in [-0.05, 0) is 76.0 Å². The molecule has 2 fully saturated rings. The molecule has 0 aliphatic heterocycles. The maximum Gasteiger partial charge on any atom is 0.309 e. The van der Waals surface area contributed by atoms with Crippen LogP contribution >= 0.6 is 0 Å². The number of carbonyl (C=O) groups excluding carboxylic acids is 1. The topological polar surface area (TPSA) is 50.1 Å². The molecule has 0 atom stereocenters. The molecule has 2 aliphatic rings. The van der Waals surface area contributed by atoms with E-state index >= 15 is 0 Å². The highest BCUT2D eigenvalue weighted by Crippen LogP contribution is 2.34. The standard InChI is InChI=1S/C23H37NO2/c1-2-3-5-8-19-10-14-21(15-11-19)23(25)26-22-16-12-20(13-17-22)9-6-4-7-18-24/h4,7,19-22H,2-3,5-6,8-17H2,1H3/b7-4+/t19-,20?,21-,22?. The van der Waals surface area contributed by atoms with Crippen LogP contribution < -0.4 is 0 Å². The number of hydrogen-bond acceptors (Lipinski definition) is 3. The quantitative estimate of drug-likeness (QED) is 0.274. The van der Waals surface area contributed by atoms with Gasteiger partial charge in [-0.15, -0.1) is 0 Å². The second kappa shape index (κ2) is 12.2. The Balaban J connectivity index is 1.59. The maximum absolute atomic E-state index is 12.5. The van der Waals surface area contributed by atoms with Crippen molar-refractivity contribution in [2.45, 2.75) is 103 Å². The number of unbranched alkanes of at least 4 members (excludes halogenated alkanes) is 2. The van der Waals surface area contributed by atoms with E-state index in [1.807, 2.05) is 12.1 Å². The highest BCUT2D eigenvalue weighted by Gasteiger charge is 2.30. The van der Waals surface area contributed by atoms with E-state index < -0.39 is 0 Å². The Labute approximate surface area is 160 Å². The molecule has 0 bridgehead atoms. The second-order valence-electron chi connectivity index (χ2n) is 8.40. The van der Waals surface area contributed by atoms with E-state index in [0.29, 0.717) is 0 Å². The number of ether oxygens (including phenoxy) is 1. The van der Waals surface area contributed by atoms with E-state index in [1.54, 1.807) is 6.08 Å². The van der Waals surface area contributed by atoms with Crippen molar-refractivity contribution in [3.8, 4) is 6.07 Å². The van der Waals surface area contributed by atoms with Crippen molar-refractivity contribution < 1.29 is 9.53 Å². The average molecular weight is 360 g/mol. The number of allylic oxidation sites excluding steroid dienone is 2. The molecule has 2 rings (SSSR count). The summed E-state index contributed by atoms with van der Waals surface area (Å²) in [6, 6.07) is 2.04. The monoisotopic (exact) mass is 359 g/mol. The van der Waals surface area contributed by atoms with Gasteiger partial charge in [-0.3, -0.25) is 4.79 Å². The van der Waals surface area contributed by atoms with Gasteiger partial charge in [-0.1, -0.05) is 38.7 Å². The number of esters is 1. The van der Waals surface area contributed by atoms with Crippen LogP contribution in [0.5, 0.6) is 0 Å². The lowest BCUT2D eigenvalue weighted by atomic mass is 9.79. The third kappa shape index (κ3) is 7.52. The molecule has 0 heterocycles. The molecular formula is C23H37NO2. The van der Waals surface area contributed by atoms with Gasteiger partial charge in [0.15, 0.2) is 0 Å². The molecule has 0 aromatic rings. The largest absolute Gasteiger partial charge is 0.462 e. The lowest BCUT2D eigenvalue weighted by Gasteiger charge is -2.31. The van der Waals surface area contributed by atoms with Gasteiger partial charge in [0.05, 0.1) is 12.0 Å². The summed E-state index contributed by atoms with van der Waals surface area (Å²) in [6.45, 7) is 2.26. The van der Waals surface area contributed by atoms with Crippen LogP contribution in [0.3, 0.4) is 0 Å². The Kier molecular flexibility index (Phi) is 9.82. The molecule has 0 saturated heterocycles. The fraction of sp³-hybridized carbons (Fsp3) is 0.826. The Morgan fingerprint density at radius 2 is 1.65 bits per heavy atom. The van der Waals surface area contributed by atoms with Gasteiger partial charge in [-0.2, -0.15) is 5.26 Å². The molecule has 0 amide bonds. The first-order valence-corrected chi connectivity index (χ1v) is 11.0. The third-order valence-corrected chi connectivity index (χ3v) is 6.41. The van der Waals surface area contributed by atoms with Crippen molar-refractivity contribution in [1.29, 1.82) is 5.26 Å². The van der Waals surface area contributed by atoms with Gasteiger partial charge in [0.1, 0.15) is 6.10 Å². The van der Waals surface area contributed by atoms with Gasteiger partial charge in [0.2, 0.25) is 0 Å². The summed E-state index contributed by atoms with van der Waals surface area (Å²) in [5.74, 6) is 1.81. The van der Waals surface area contributed by atoms with Crippen molar-refractivity contribution >= 4 is 5.97 Å². The molecule has 0 radical (unpaired) electrons. The van der Waals surface area contributed by atoms with Crippen molar-refractivity contribution in [3.63, 3.8) is 0 Å². The van der Waals surface area contributed by atoms with E-state index in [2.05, 4.69) is 6.92 Å². The predicted molar refractivity (Wildman–Crippen MR) is 105 cm³/mol. The van der Waals surface area contributed by atoms with Crippen LogP contribution in [0.1, 0.15) is 96.8 Å². The van der Waals surface area contributed by atoms with E-state index in [9.17, 15) is 4.79 Å². The molecular weight excluding hydrogens is 322 g/mol. The molecule has 146 valence electrons. The summed E-state index contributed by atoms with van der Waals surface area (Å²) >= 11 is 0. The molecule has 0 unspecified atom stereocenters. The zero-order chi connectivity index (χ0) is 18.6. The van der Waals surface area contributed by atoms with E-state index in [0.717, 1.165) is 63.2 Å². The van der Waals surface area contributed by atoms with Crippen LogP contribution in [-0.2, 0) is 9.53 Å². The smallest absolute Gasteiger partial charge is 0.309 e. The van der Waals surface area contributed by atoms with Gasteiger partial charge in [0.25, 0.3) is 0 Å². The van der Waals surface area contributed by atoms with Gasteiger partial charge in [-0.25, -0.2) is 0 Å². The Bertz CT molecular complexity index is 463. The van der Waals surface area contributed by atoms with E-state index in [4.69, 9.17) is 10.00 Å². The van der Waals surface area contributed by atoms with Gasteiger partial charge < -0.3 is 4.74 Å². The average Bonchev–Trinajstić information content (AvgIpc) is 2.67. The molecule has 26 heavy (non-hydrogen) atoms. The van der Waals surface area contributed by atoms with Crippen molar-refractivity contribution in [2.75, 3.05) is 0 Å². The molecule has 3 nitrogen and oxygen atoms in total. The minimum atomic E-state index is 0.0809. The SMILES string of the molecule is CCCCC[C@H]1CC[C@H](C(=O)OC2CCC(CC/C=C/C#N)CC2)CC1. The lowest BCUT2D eigenvalue weighted by Crippen LogP contribution is -2.30. The maximum atomic E-state index is 12.5. The highest BCUT2D eigenvalue weighted by atomic mass is 16.5. The van der Waals surface area contributed by atoms with Crippen LogP contribution in [0.4, 0.5) is 0 Å². The number of nitrogens with zero attached hydrogens (tertiary/aromatic N) is 1. The summed E-state index contributed by atoms with van der Waals surface area (Å²) < 4.78 is 5.86. The normalized spacial score (nSPS) is 29.4. The molecule has 0 aromatic carbocycles. The summed E-state index contributed by atoms with van der Waals surface area (Å²) in [7, 11) is 0. The molecule has 0 spiro atoms. The van der Waals surface area contributed by atoms with Crippen LogP contribution in [-0.4, -0.2) is 12.1 Å². The van der Waals surface area contributed by atoms with Crippen LogP contribution in [0.2, 0.25) is 0 Å². The third-order valence-electron chi connectivity index (χ3n) is 6.41. The molecule has 0 N–H and O–H groups in total. The van der Waals surface area contributed by atoms with Gasteiger partial charge in [0, 0.05) is 6.08 Å². The van der Waals surface area contributed by atoms with Crippen LogP contribution in [0, 0.1) is 29.1 Å². The minimum absolute atomic E-state index is 0.0809. The lowest BCUT2D eigenvalue weighted by molar-refractivity contribution is -0.157. The highest BCUT2D eigenvalue weighted by molar-refractivity contribution is 5.72. The summed E-state index contributed by atoms with van der Waals surface area (Å²) in [5, 5.41) is 8.51. The summed E-state index contributed by atoms with van der Waals surface area (Å²) in [6.07, 6.45) is 20.0. The van der Waals surface area contributed by atoms with Crippen molar-refractivity contribution in [2.24, 2.45) is 17.8 Å². The Morgan fingerprint density at radius 3 is 2.31 bits per heavy atom. The van der Waals surface area contributed by atoms with E-state index in [1.165, 1.54) is 38.5 Å². The number of nitriles is 1. The van der Waals surface area contributed by atoms with Crippen LogP contribution in [0.25, 0.3) is 0 Å². The molecule has 0 aromatic heterocycles. The molecule has 3 heteroatoms. The predicted octanol–water partition coefficient (Wildman–Crippen LogP) is 6.34. The fourth-order valence-corrected chi connectivity index (χ4v) is 4.64. The number of carbonyl (C=O) groups is 1. The van der Waals surface area contributed by atoms with Crippen LogP contribution in [0.15, 0.2) is 12.2 Å². The van der Waals surface area contributed by atoms with Crippen molar-refractivity contribution in [3.05, 3.63) is 12.2 Å². The Hall–Kier alpha value is -1.30. The first-order valence-electron chi connectivity index (χ1n) is 11.0. The second-order valence-corrected chi connectivity index (χ2v) is 8.40. The molecule has 2 aliphatic carbocycles. The number of rotatable bonds is 9. The summed E-state index contributed by atoms with van der Waals surface area (Å²) in [5.41, 5.74) is 0. The minimum Gasteiger partial charge on any atom is -0.462 e. The van der Waals surface area contributed by atoms with Gasteiger partial charge >= 0.3 is 5.97 Å². The first kappa shape index (κ1) is 21.0. The first-order chi connectivity index (χ1) is 12.7. The Morgan fingerprint density at radius 1 is 1.00 bits per heavy atom. The zero-order valence-electron chi connectivity index (χ0n) is 16.6. The van der Waals surface area contributed by atoms with E-state index in [-0.39, 0.29) is 18.0 Å².